The van der Waals surface area contributed by atoms with Gasteiger partial charge in [-0.05, 0) is 31.5 Å². The van der Waals surface area contributed by atoms with Gasteiger partial charge in [0, 0.05) is 23.7 Å². The average molecular weight is 341 g/mol. The fourth-order valence-corrected chi connectivity index (χ4v) is 4.01. The molecular weight excluding hydrogens is 321 g/mol. The van der Waals surface area contributed by atoms with Crippen LogP contribution in [0.15, 0.2) is 42.5 Å². The first-order chi connectivity index (χ1) is 12.0. The highest BCUT2D eigenvalue weighted by Crippen LogP contribution is 2.54. The van der Waals surface area contributed by atoms with Gasteiger partial charge in [0.15, 0.2) is 0 Å². The van der Waals surface area contributed by atoms with Gasteiger partial charge in [0.25, 0.3) is 0 Å². The number of carbonyl (C=O) groups excluding carboxylic acids is 1. The molecule has 2 aliphatic heterocycles. The normalized spacial score (nSPS) is 22.8. The van der Waals surface area contributed by atoms with Gasteiger partial charge in [-0.25, -0.2) is 4.39 Å². The minimum atomic E-state index is -0.785. The summed E-state index contributed by atoms with van der Waals surface area (Å²) in [6.07, 6.45) is 0.542. The van der Waals surface area contributed by atoms with E-state index in [4.69, 9.17) is 9.47 Å². The lowest BCUT2D eigenvalue weighted by Gasteiger charge is -2.43. The monoisotopic (exact) mass is 341 g/mol. The minimum absolute atomic E-state index is 0.00333. The molecule has 4 rings (SSSR count). The van der Waals surface area contributed by atoms with E-state index in [1.807, 2.05) is 44.2 Å². The number of benzene rings is 2. The van der Waals surface area contributed by atoms with E-state index in [1.54, 1.807) is 12.1 Å². The zero-order chi connectivity index (χ0) is 17.7. The third-order valence-corrected chi connectivity index (χ3v) is 4.86. The van der Waals surface area contributed by atoms with E-state index < -0.39 is 17.7 Å². The van der Waals surface area contributed by atoms with Crippen molar-refractivity contribution in [3.63, 3.8) is 0 Å². The van der Waals surface area contributed by atoms with Crippen LogP contribution < -0.4 is 14.8 Å². The largest absolute Gasteiger partial charge is 0.491 e. The van der Waals surface area contributed by atoms with Crippen LogP contribution in [0.5, 0.6) is 11.5 Å². The van der Waals surface area contributed by atoms with E-state index >= 15 is 0 Å². The highest BCUT2D eigenvalue weighted by Gasteiger charge is 2.55. The van der Waals surface area contributed by atoms with Crippen LogP contribution in [0.3, 0.4) is 0 Å². The Morgan fingerprint density at radius 3 is 2.80 bits per heavy atom. The van der Waals surface area contributed by atoms with Gasteiger partial charge < -0.3 is 14.8 Å². The molecule has 1 atom stereocenters. The molecule has 0 fully saturated rings. The second-order valence-electron chi connectivity index (χ2n) is 7.14. The van der Waals surface area contributed by atoms with Gasteiger partial charge in [0.2, 0.25) is 5.91 Å². The van der Waals surface area contributed by atoms with Gasteiger partial charge >= 0.3 is 0 Å². The molecule has 2 aromatic carbocycles. The number of hydrogen-bond acceptors (Lipinski definition) is 3. The number of nitrogens with one attached hydrogen (secondary N) is 1. The molecule has 1 amide bonds. The van der Waals surface area contributed by atoms with E-state index in [0.717, 1.165) is 16.8 Å². The topological polar surface area (TPSA) is 47.6 Å². The van der Waals surface area contributed by atoms with E-state index in [-0.39, 0.29) is 12.5 Å². The van der Waals surface area contributed by atoms with E-state index in [0.29, 0.717) is 17.9 Å². The number of halogens is 1. The van der Waals surface area contributed by atoms with Gasteiger partial charge in [0.05, 0.1) is 0 Å². The van der Waals surface area contributed by atoms with Crippen molar-refractivity contribution in [1.82, 2.24) is 0 Å². The van der Waals surface area contributed by atoms with Crippen LogP contribution in [0.2, 0.25) is 0 Å². The Labute approximate surface area is 146 Å². The van der Waals surface area contributed by atoms with Gasteiger partial charge in [0.1, 0.15) is 35.8 Å². The Bertz CT molecular complexity index is 849. The summed E-state index contributed by atoms with van der Waals surface area (Å²) in [5.74, 6) is 1.11. The Hall–Kier alpha value is -2.56. The van der Waals surface area contributed by atoms with E-state index in [9.17, 15) is 9.18 Å². The van der Waals surface area contributed by atoms with Crippen molar-refractivity contribution in [3.8, 4) is 11.5 Å². The molecule has 0 aromatic heterocycles. The Kier molecular flexibility index (Phi) is 3.49. The molecule has 1 spiro atoms. The van der Waals surface area contributed by atoms with Gasteiger partial charge in [-0.15, -0.1) is 0 Å². The summed E-state index contributed by atoms with van der Waals surface area (Å²) in [6.45, 7) is 3.39. The molecule has 0 bridgehead atoms. The molecule has 2 heterocycles. The number of fused-ring (bicyclic) bond motifs is 4. The molecule has 25 heavy (non-hydrogen) atoms. The third kappa shape index (κ3) is 2.37. The number of hydrogen-bond donors (Lipinski definition) is 1. The van der Waals surface area contributed by atoms with Crippen molar-refractivity contribution in [2.24, 2.45) is 0 Å². The summed E-state index contributed by atoms with van der Waals surface area (Å²) < 4.78 is 23.9. The smallest absolute Gasteiger partial charge is 0.239 e. The zero-order valence-corrected chi connectivity index (χ0v) is 14.3. The SMILES string of the molecule is CC1(C)CC2(C(=O)Nc3ccccc32)c2ccc(OCCF)cc2O1. The summed E-state index contributed by atoms with van der Waals surface area (Å²) >= 11 is 0. The fraction of sp³-hybridized carbons (Fsp3) is 0.350. The van der Waals surface area contributed by atoms with Gasteiger partial charge in [-0.3, -0.25) is 4.79 Å². The second-order valence-corrected chi connectivity index (χ2v) is 7.14. The molecule has 0 saturated heterocycles. The maximum absolute atomic E-state index is 13.1. The molecule has 2 aromatic rings. The van der Waals surface area contributed by atoms with Crippen LogP contribution in [0.1, 0.15) is 31.4 Å². The molecule has 130 valence electrons. The quantitative estimate of drug-likeness (QED) is 0.923. The minimum Gasteiger partial charge on any atom is -0.491 e. The predicted octanol–water partition coefficient (Wildman–Crippen LogP) is 3.83. The Balaban J connectivity index is 1.90. The zero-order valence-electron chi connectivity index (χ0n) is 14.3. The maximum Gasteiger partial charge on any atom is 0.239 e. The number of anilines is 1. The molecule has 5 heteroatoms. The molecule has 1 unspecified atom stereocenters. The summed E-state index contributed by atoms with van der Waals surface area (Å²) in [4.78, 5) is 13.1. The summed E-state index contributed by atoms with van der Waals surface area (Å²) in [7, 11) is 0. The molecule has 0 aliphatic carbocycles. The number of rotatable bonds is 3. The van der Waals surface area contributed by atoms with Crippen LogP contribution in [0.4, 0.5) is 10.1 Å². The van der Waals surface area contributed by atoms with Crippen molar-refractivity contribution in [2.75, 3.05) is 18.6 Å². The molecule has 0 saturated carbocycles. The number of alkyl halides is 1. The Morgan fingerprint density at radius 1 is 1.20 bits per heavy atom. The first kappa shape index (κ1) is 15.9. The molecule has 2 aliphatic rings. The van der Waals surface area contributed by atoms with Crippen LogP contribution in [-0.4, -0.2) is 24.8 Å². The van der Waals surface area contributed by atoms with Gasteiger partial charge in [-0.1, -0.05) is 24.3 Å². The van der Waals surface area contributed by atoms with Crippen molar-refractivity contribution in [3.05, 3.63) is 53.6 Å². The van der Waals surface area contributed by atoms with Crippen molar-refractivity contribution < 1.29 is 18.7 Å². The standard InChI is InChI=1S/C20H20FNO3/c1-19(2)12-20(14-5-3-4-6-16(14)22-18(20)23)15-8-7-13(24-10-9-21)11-17(15)25-19/h3-8,11H,9-10,12H2,1-2H3,(H,22,23). The molecular formula is C20H20FNO3. The lowest BCUT2D eigenvalue weighted by atomic mass is 9.67. The number of ether oxygens (including phenoxy) is 2. The molecule has 0 radical (unpaired) electrons. The van der Waals surface area contributed by atoms with Crippen LogP contribution in [0, 0.1) is 0 Å². The van der Waals surface area contributed by atoms with E-state index in [2.05, 4.69) is 5.32 Å². The van der Waals surface area contributed by atoms with Crippen molar-refractivity contribution in [1.29, 1.82) is 0 Å². The Morgan fingerprint density at radius 2 is 2.00 bits per heavy atom. The highest BCUT2D eigenvalue weighted by molar-refractivity contribution is 6.09. The second kappa shape index (κ2) is 5.48. The highest BCUT2D eigenvalue weighted by atomic mass is 19.1. The summed E-state index contributed by atoms with van der Waals surface area (Å²) in [6, 6.07) is 13.2. The number of carbonyl (C=O) groups is 1. The first-order valence-electron chi connectivity index (χ1n) is 8.39. The van der Waals surface area contributed by atoms with Crippen LogP contribution in [-0.2, 0) is 10.2 Å². The molecule has 1 N–H and O–H groups in total. The number of amides is 1. The van der Waals surface area contributed by atoms with Crippen molar-refractivity contribution in [2.45, 2.75) is 31.3 Å². The van der Waals surface area contributed by atoms with Crippen LogP contribution in [0.25, 0.3) is 0 Å². The predicted molar refractivity (Wildman–Crippen MR) is 93.1 cm³/mol. The maximum atomic E-state index is 13.1. The number of para-hydroxylation sites is 1. The first-order valence-corrected chi connectivity index (χ1v) is 8.39. The van der Waals surface area contributed by atoms with Crippen molar-refractivity contribution >= 4 is 11.6 Å². The lowest BCUT2D eigenvalue weighted by molar-refractivity contribution is -0.122. The summed E-state index contributed by atoms with van der Waals surface area (Å²) in [5.41, 5.74) is 1.32. The van der Waals surface area contributed by atoms with Crippen LogP contribution >= 0.6 is 0 Å². The summed E-state index contributed by atoms with van der Waals surface area (Å²) in [5, 5.41) is 3.01. The van der Waals surface area contributed by atoms with Gasteiger partial charge in [-0.2, -0.15) is 0 Å². The average Bonchev–Trinajstić information content (AvgIpc) is 2.84. The lowest BCUT2D eigenvalue weighted by Crippen LogP contribution is -2.48. The fourth-order valence-electron chi connectivity index (χ4n) is 4.01. The molecule has 4 nitrogen and oxygen atoms in total. The third-order valence-electron chi connectivity index (χ3n) is 4.86. The van der Waals surface area contributed by atoms with E-state index in [1.165, 1.54) is 0 Å².